The molecule has 1 aromatic heterocycles. The van der Waals surface area contributed by atoms with Gasteiger partial charge in [0.15, 0.2) is 0 Å². The van der Waals surface area contributed by atoms with E-state index >= 15 is 0 Å². The molecule has 4 fully saturated rings. The predicted molar refractivity (Wildman–Crippen MR) is 167 cm³/mol. The van der Waals surface area contributed by atoms with E-state index in [-0.39, 0.29) is 11.1 Å². The van der Waals surface area contributed by atoms with Crippen molar-refractivity contribution >= 4 is 29.0 Å². The van der Waals surface area contributed by atoms with E-state index in [4.69, 9.17) is 9.31 Å². The number of benzene rings is 1. The lowest BCUT2D eigenvalue weighted by Crippen LogP contribution is -2.70. The maximum atomic E-state index is 13.9. The van der Waals surface area contributed by atoms with E-state index in [2.05, 4.69) is 60.4 Å². The smallest absolute Gasteiger partial charge is 0.402 e. The molecule has 2 amide bonds. The van der Waals surface area contributed by atoms with Gasteiger partial charge in [-0.2, -0.15) is 0 Å². The molecule has 2 N–H and O–H groups in total. The van der Waals surface area contributed by atoms with Gasteiger partial charge in [0, 0.05) is 26.5 Å². The molecule has 1 aromatic carbocycles. The van der Waals surface area contributed by atoms with Crippen LogP contribution in [0.15, 0.2) is 48.9 Å². The fourth-order valence-corrected chi connectivity index (χ4v) is 8.27. The number of aromatic nitrogens is 2. The zero-order valence-corrected chi connectivity index (χ0v) is 27.3. The minimum atomic E-state index is -3.87. The molecule has 44 heavy (non-hydrogen) atoms. The topological polar surface area (TPSA) is 140 Å². The summed E-state index contributed by atoms with van der Waals surface area (Å²) in [7, 11) is -1.83. The molecular weight excluding hydrogens is 581 g/mol. The zero-order chi connectivity index (χ0) is 31.9. The Morgan fingerprint density at radius 3 is 2.45 bits per heavy atom. The Hall–Kier alpha value is -2.87. The molecule has 2 bridgehead atoms. The van der Waals surface area contributed by atoms with Crippen LogP contribution >= 0.6 is 0 Å². The lowest BCUT2D eigenvalue weighted by atomic mass is 9.41. The summed E-state index contributed by atoms with van der Waals surface area (Å²) in [6, 6.07) is 8.69. The van der Waals surface area contributed by atoms with Gasteiger partial charge in [0.05, 0.1) is 29.1 Å². The highest BCUT2D eigenvalue weighted by Crippen LogP contribution is 2.69. The fraction of sp³-hybridized carbons (Fsp3) is 0.613. The van der Waals surface area contributed by atoms with Gasteiger partial charge in [0.2, 0.25) is 15.9 Å². The van der Waals surface area contributed by atoms with Gasteiger partial charge in [-0.15, -0.1) is 0 Å². The summed E-state index contributed by atoms with van der Waals surface area (Å²) in [5.41, 5.74) is 0.228. The molecule has 0 spiro atoms. The second kappa shape index (κ2) is 12.1. The first-order chi connectivity index (χ1) is 20.7. The van der Waals surface area contributed by atoms with Crippen LogP contribution in [-0.4, -0.2) is 84.7 Å². The van der Waals surface area contributed by atoms with Gasteiger partial charge in [-0.25, -0.2) is 17.7 Å². The molecule has 0 unspecified atom stereocenters. The Morgan fingerprint density at radius 2 is 1.82 bits per heavy atom. The molecule has 13 heteroatoms. The van der Waals surface area contributed by atoms with Gasteiger partial charge >= 0.3 is 7.12 Å². The van der Waals surface area contributed by atoms with Gasteiger partial charge in [-0.3, -0.25) is 14.6 Å². The van der Waals surface area contributed by atoms with Crippen molar-refractivity contribution in [3.8, 4) is 0 Å². The summed E-state index contributed by atoms with van der Waals surface area (Å²) in [5, 5.41) is 5.60. The van der Waals surface area contributed by atoms with Gasteiger partial charge in [0.25, 0.3) is 5.91 Å². The van der Waals surface area contributed by atoms with Gasteiger partial charge < -0.3 is 19.9 Å². The Kier molecular flexibility index (Phi) is 8.98. The van der Waals surface area contributed by atoms with Crippen molar-refractivity contribution in [1.82, 2.24) is 24.9 Å². The third-order valence-corrected chi connectivity index (χ3v) is 12.3. The van der Waals surface area contributed by atoms with E-state index in [1.165, 1.54) is 38.2 Å². The van der Waals surface area contributed by atoms with Crippen LogP contribution in [-0.2, 0) is 30.5 Å². The summed E-state index contributed by atoms with van der Waals surface area (Å²) in [6.07, 6.45) is 8.02. The average molecular weight is 626 g/mol. The zero-order valence-electron chi connectivity index (χ0n) is 26.4. The minimum absolute atomic E-state index is 0.0269. The normalized spacial score (nSPS) is 28.5. The Morgan fingerprint density at radius 1 is 1.09 bits per heavy atom. The highest BCUT2D eigenvalue weighted by atomic mass is 32.2. The largest absolute Gasteiger partial charge is 0.481 e. The number of hydrogen-bond acceptors (Lipinski definition) is 8. The lowest BCUT2D eigenvalue weighted by Gasteiger charge is -2.67. The minimum Gasteiger partial charge on any atom is -0.402 e. The third kappa shape index (κ3) is 6.16. The number of sulfonamides is 1. The molecule has 2 aromatic rings. The number of aryl methyl sites for hydroxylation is 1. The van der Waals surface area contributed by atoms with E-state index < -0.39 is 57.9 Å². The first-order valence-corrected chi connectivity index (χ1v) is 16.9. The second-order valence-electron chi connectivity index (χ2n) is 13.6. The second-order valence-corrected chi connectivity index (χ2v) is 15.9. The van der Waals surface area contributed by atoms with E-state index in [1.807, 2.05) is 18.2 Å². The SMILES string of the molecule is CN(C)S(=O)(=O)C[C@@H](NC(=O)c1cnccn1)C(=O)N[C@@H](CCCc1ccccc1)B1O[C@]2(C)C[C@@H]3C[C@@H](C3(C)C)[C@]2(C)O1. The average Bonchev–Trinajstić information content (AvgIpc) is 3.27. The standard InChI is InChI=1S/C31H44BN5O6S/c1-29(2)22-17-25(29)31(4)30(3,18-22)42-32(43-31)26(14-10-13-21-11-8-7-9-12-21)36-28(39)24(20-44(40,41)37(5)6)35-27(38)23-19-33-15-16-34-23/h7-9,11-12,15-16,19,22,24-26H,10,13-14,17-18,20H2,1-6H3,(H,35,38)(H,36,39)/t22-,24+,25-,26-,30+,31-/m0/s1. The van der Waals surface area contributed by atoms with Gasteiger partial charge in [0.1, 0.15) is 11.7 Å². The monoisotopic (exact) mass is 625 g/mol. The van der Waals surface area contributed by atoms with Crippen molar-refractivity contribution in [2.45, 2.75) is 83.0 Å². The summed E-state index contributed by atoms with van der Waals surface area (Å²) < 4.78 is 40.4. The number of rotatable bonds is 12. The quantitative estimate of drug-likeness (QED) is 0.344. The number of nitrogens with one attached hydrogen (secondary N) is 2. The molecule has 0 radical (unpaired) electrons. The highest BCUT2D eigenvalue weighted by molar-refractivity contribution is 7.89. The van der Waals surface area contributed by atoms with Crippen molar-refractivity contribution in [2.24, 2.45) is 17.3 Å². The van der Waals surface area contributed by atoms with E-state index in [0.717, 1.165) is 30.0 Å². The first kappa shape index (κ1) is 32.5. The maximum absolute atomic E-state index is 13.9. The third-order valence-electron chi connectivity index (χ3n) is 10.4. The van der Waals surface area contributed by atoms with Crippen LogP contribution in [0.2, 0.25) is 0 Å². The van der Waals surface area contributed by atoms with Gasteiger partial charge in [-0.05, 0) is 68.8 Å². The summed E-state index contributed by atoms with van der Waals surface area (Å²) >= 11 is 0. The number of nitrogens with zero attached hydrogens (tertiary/aromatic N) is 3. The van der Waals surface area contributed by atoms with Crippen LogP contribution in [0.3, 0.4) is 0 Å². The Bertz CT molecular complexity index is 1460. The van der Waals surface area contributed by atoms with E-state index in [0.29, 0.717) is 18.3 Å². The number of carbonyl (C=O) groups excluding carboxylic acids is 2. The summed E-state index contributed by atoms with van der Waals surface area (Å²) in [5.74, 6) is -1.70. The fourth-order valence-electron chi connectivity index (χ4n) is 7.32. The van der Waals surface area contributed by atoms with Crippen molar-refractivity contribution < 1.29 is 27.3 Å². The van der Waals surface area contributed by atoms with Crippen molar-refractivity contribution in [3.63, 3.8) is 0 Å². The molecule has 1 saturated heterocycles. The maximum Gasteiger partial charge on any atom is 0.481 e. The van der Waals surface area contributed by atoms with Crippen molar-refractivity contribution in [2.75, 3.05) is 19.8 Å². The molecule has 3 saturated carbocycles. The van der Waals surface area contributed by atoms with Crippen LogP contribution in [0.25, 0.3) is 0 Å². The van der Waals surface area contributed by atoms with Crippen molar-refractivity contribution in [3.05, 3.63) is 60.2 Å². The molecule has 11 nitrogen and oxygen atoms in total. The summed E-state index contributed by atoms with van der Waals surface area (Å²) in [4.78, 5) is 34.8. The molecule has 3 aliphatic carbocycles. The molecule has 6 rings (SSSR count). The predicted octanol–water partition coefficient (Wildman–Crippen LogP) is 2.63. The van der Waals surface area contributed by atoms with Crippen LogP contribution in [0.4, 0.5) is 0 Å². The highest BCUT2D eigenvalue weighted by Gasteiger charge is 2.73. The molecule has 238 valence electrons. The summed E-state index contributed by atoms with van der Waals surface area (Å²) in [6.45, 7) is 8.83. The van der Waals surface area contributed by atoms with Gasteiger partial charge in [-0.1, -0.05) is 44.2 Å². The van der Waals surface area contributed by atoms with Crippen LogP contribution in [0.1, 0.15) is 69.4 Å². The van der Waals surface area contributed by atoms with Crippen molar-refractivity contribution in [1.29, 1.82) is 0 Å². The molecule has 4 aliphatic rings. The van der Waals surface area contributed by atoms with Crippen LogP contribution in [0.5, 0.6) is 0 Å². The Labute approximate surface area is 261 Å². The van der Waals surface area contributed by atoms with Crippen LogP contribution < -0.4 is 10.6 Å². The molecule has 6 atom stereocenters. The molecular formula is C31H44BN5O6S. The number of carbonyl (C=O) groups is 2. The van der Waals surface area contributed by atoms with E-state index in [1.54, 1.807) is 0 Å². The molecule has 1 aliphatic heterocycles. The Balaban J connectivity index is 1.38. The van der Waals surface area contributed by atoms with E-state index in [9.17, 15) is 18.0 Å². The van der Waals surface area contributed by atoms with Crippen LogP contribution in [0, 0.1) is 17.3 Å². The lowest BCUT2D eigenvalue weighted by molar-refractivity contribution is -0.235. The molecule has 2 heterocycles. The number of amides is 2. The first-order valence-electron chi connectivity index (χ1n) is 15.3. The number of hydrogen-bond donors (Lipinski definition) is 2.